The van der Waals surface area contributed by atoms with Crippen molar-refractivity contribution >= 4 is 18.0 Å². The molecule has 2 rings (SSSR count). The van der Waals surface area contributed by atoms with Gasteiger partial charge in [0.15, 0.2) is 0 Å². The highest BCUT2D eigenvalue weighted by Crippen LogP contribution is 2.31. The summed E-state index contributed by atoms with van der Waals surface area (Å²) in [6, 6.07) is 7.51. The minimum absolute atomic E-state index is 0.0428. The lowest BCUT2D eigenvalue weighted by Crippen LogP contribution is -2.21. The summed E-state index contributed by atoms with van der Waals surface area (Å²) in [5, 5.41) is 11.5. The Balaban J connectivity index is 2.00. The van der Waals surface area contributed by atoms with Crippen LogP contribution in [-0.4, -0.2) is 17.0 Å². The van der Waals surface area contributed by atoms with Crippen molar-refractivity contribution in [3.63, 3.8) is 0 Å². The van der Waals surface area contributed by atoms with Crippen molar-refractivity contribution in [2.45, 2.75) is 26.7 Å². The first kappa shape index (κ1) is 16.7. The Bertz CT molecular complexity index is 683. The van der Waals surface area contributed by atoms with E-state index in [0.29, 0.717) is 0 Å². The summed E-state index contributed by atoms with van der Waals surface area (Å²) in [5.74, 6) is -0.892. The maximum Gasteiger partial charge on any atom is 0.307 e. The Morgan fingerprint density at radius 1 is 1.30 bits per heavy atom. The van der Waals surface area contributed by atoms with Crippen LogP contribution in [-0.2, 0) is 16.0 Å². The number of carbonyl (C=O) groups is 2. The molecule has 4 heteroatoms. The van der Waals surface area contributed by atoms with E-state index in [1.807, 2.05) is 42.5 Å². The first-order valence-corrected chi connectivity index (χ1v) is 7.53. The fraction of sp³-hybridized carbons (Fsp3) is 0.263. The Kier molecular flexibility index (Phi) is 5.16. The van der Waals surface area contributed by atoms with Crippen molar-refractivity contribution in [1.29, 1.82) is 0 Å². The van der Waals surface area contributed by atoms with Gasteiger partial charge in [-0.3, -0.25) is 9.59 Å². The molecule has 0 saturated heterocycles. The molecule has 1 aliphatic carbocycles. The zero-order valence-electron chi connectivity index (χ0n) is 13.4. The van der Waals surface area contributed by atoms with Crippen LogP contribution in [0.5, 0.6) is 0 Å². The summed E-state index contributed by atoms with van der Waals surface area (Å²) >= 11 is 0. The highest BCUT2D eigenvalue weighted by molar-refractivity contribution is 5.75. The molecular weight excluding hydrogens is 290 g/mol. The third-order valence-electron chi connectivity index (χ3n) is 3.72. The van der Waals surface area contributed by atoms with Gasteiger partial charge in [0.05, 0.1) is 6.42 Å². The minimum Gasteiger partial charge on any atom is -0.481 e. The number of nitrogens with one attached hydrogen (secondary N) is 1. The van der Waals surface area contributed by atoms with Crippen LogP contribution in [0.4, 0.5) is 0 Å². The van der Waals surface area contributed by atoms with Crippen molar-refractivity contribution in [2.24, 2.45) is 5.41 Å². The third kappa shape index (κ3) is 5.25. The number of carbonyl (C=O) groups excluding carboxylic acids is 1. The number of amides is 1. The van der Waals surface area contributed by atoms with Gasteiger partial charge < -0.3 is 10.4 Å². The molecule has 0 fully saturated rings. The lowest BCUT2D eigenvalue weighted by molar-refractivity contribution is -0.136. The molecule has 0 spiro atoms. The fourth-order valence-electron chi connectivity index (χ4n) is 2.37. The molecule has 0 heterocycles. The van der Waals surface area contributed by atoms with Crippen molar-refractivity contribution in [3.8, 4) is 0 Å². The van der Waals surface area contributed by atoms with E-state index in [2.05, 4.69) is 24.4 Å². The predicted molar refractivity (Wildman–Crippen MR) is 90.6 cm³/mol. The standard InChI is InChI=1S/C19H21NO3/c1-14(21)20-17-8-11-19(2,12-9-17)10-7-15-3-5-16(6-4-15)13-18(22)23/h3-11H,12-13H2,1-2H3,(H,20,21)(H,22,23)/b10-7+. The molecular formula is C19H21NO3. The minimum atomic E-state index is -0.824. The van der Waals surface area contributed by atoms with E-state index in [0.717, 1.165) is 23.2 Å². The van der Waals surface area contributed by atoms with Crippen molar-refractivity contribution in [2.75, 3.05) is 0 Å². The Morgan fingerprint density at radius 3 is 2.52 bits per heavy atom. The van der Waals surface area contributed by atoms with Crippen LogP contribution in [0.3, 0.4) is 0 Å². The van der Waals surface area contributed by atoms with Crippen LogP contribution in [0.2, 0.25) is 0 Å². The highest BCUT2D eigenvalue weighted by atomic mass is 16.4. The number of rotatable bonds is 5. The molecule has 0 radical (unpaired) electrons. The van der Waals surface area contributed by atoms with Gasteiger partial charge in [-0.05, 0) is 23.6 Å². The number of allylic oxidation sites excluding steroid dienone is 4. The molecule has 120 valence electrons. The average Bonchev–Trinajstić information content (AvgIpc) is 2.48. The van der Waals surface area contributed by atoms with Crippen molar-refractivity contribution in [3.05, 3.63) is 65.4 Å². The summed E-state index contributed by atoms with van der Waals surface area (Å²) in [6.45, 7) is 3.62. The number of aliphatic carboxylic acids is 1. The normalized spacial score (nSPS) is 20.3. The Labute approximate surface area is 136 Å². The highest BCUT2D eigenvalue weighted by Gasteiger charge is 2.19. The maximum absolute atomic E-state index is 11.0. The smallest absolute Gasteiger partial charge is 0.307 e. The number of carboxylic acid groups (broad SMARTS) is 1. The fourth-order valence-corrected chi connectivity index (χ4v) is 2.37. The van der Waals surface area contributed by atoms with Gasteiger partial charge in [-0.25, -0.2) is 0 Å². The SMILES string of the molecule is CC(=O)NC1=CCC(C)(/C=C/c2ccc(CC(=O)O)cc2)C=C1. The van der Waals surface area contributed by atoms with E-state index in [1.165, 1.54) is 6.92 Å². The Hall–Kier alpha value is -2.62. The van der Waals surface area contributed by atoms with Gasteiger partial charge in [-0.1, -0.05) is 55.5 Å². The second kappa shape index (κ2) is 7.09. The summed E-state index contributed by atoms with van der Waals surface area (Å²) in [6.07, 6.45) is 11.0. The molecule has 1 unspecified atom stereocenters. The van der Waals surface area contributed by atoms with Gasteiger partial charge in [-0.15, -0.1) is 0 Å². The second-order valence-corrected chi connectivity index (χ2v) is 6.03. The number of benzene rings is 1. The quantitative estimate of drug-likeness (QED) is 0.876. The molecule has 0 aromatic heterocycles. The number of hydrogen-bond donors (Lipinski definition) is 2. The molecule has 0 aliphatic heterocycles. The molecule has 2 N–H and O–H groups in total. The van der Waals surface area contributed by atoms with E-state index >= 15 is 0 Å². The molecule has 1 aromatic carbocycles. The van der Waals surface area contributed by atoms with Crippen LogP contribution >= 0.6 is 0 Å². The first-order chi connectivity index (χ1) is 10.9. The second-order valence-electron chi connectivity index (χ2n) is 6.03. The van der Waals surface area contributed by atoms with E-state index in [1.54, 1.807) is 0 Å². The van der Waals surface area contributed by atoms with Gasteiger partial charge in [0, 0.05) is 18.0 Å². The van der Waals surface area contributed by atoms with Crippen molar-refractivity contribution < 1.29 is 14.7 Å². The predicted octanol–water partition coefficient (Wildman–Crippen LogP) is 3.31. The molecule has 1 aromatic rings. The van der Waals surface area contributed by atoms with E-state index in [4.69, 9.17) is 5.11 Å². The van der Waals surface area contributed by atoms with Crippen LogP contribution < -0.4 is 5.32 Å². The van der Waals surface area contributed by atoms with Gasteiger partial charge in [0.25, 0.3) is 0 Å². The summed E-state index contributed by atoms with van der Waals surface area (Å²) < 4.78 is 0. The van der Waals surface area contributed by atoms with Crippen LogP contribution in [0, 0.1) is 5.41 Å². The van der Waals surface area contributed by atoms with Crippen LogP contribution in [0.25, 0.3) is 6.08 Å². The summed E-state index contributed by atoms with van der Waals surface area (Å²) in [5.41, 5.74) is 2.56. The van der Waals surface area contributed by atoms with Crippen molar-refractivity contribution in [1.82, 2.24) is 5.32 Å². The number of hydrogen-bond acceptors (Lipinski definition) is 2. The van der Waals surface area contributed by atoms with E-state index < -0.39 is 5.97 Å². The van der Waals surface area contributed by atoms with Gasteiger partial charge >= 0.3 is 5.97 Å². The number of carboxylic acids is 1. The first-order valence-electron chi connectivity index (χ1n) is 7.53. The zero-order chi connectivity index (χ0) is 16.9. The molecule has 1 aliphatic rings. The maximum atomic E-state index is 11.0. The van der Waals surface area contributed by atoms with Gasteiger partial charge in [0.1, 0.15) is 0 Å². The lowest BCUT2D eigenvalue weighted by Gasteiger charge is -2.24. The third-order valence-corrected chi connectivity index (χ3v) is 3.72. The molecule has 0 saturated carbocycles. The van der Waals surface area contributed by atoms with Gasteiger partial charge in [-0.2, -0.15) is 0 Å². The van der Waals surface area contributed by atoms with E-state index in [-0.39, 0.29) is 17.7 Å². The van der Waals surface area contributed by atoms with Crippen LogP contribution in [0.15, 0.2) is 54.3 Å². The molecule has 1 atom stereocenters. The summed E-state index contributed by atoms with van der Waals surface area (Å²) in [7, 11) is 0. The monoisotopic (exact) mass is 311 g/mol. The molecule has 4 nitrogen and oxygen atoms in total. The lowest BCUT2D eigenvalue weighted by atomic mass is 9.82. The Morgan fingerprint density at radius 2 is 2.00 bits per heavy atom. The van der Waals surface area contributed by atoms with Gasteiger partial charge in [0.2, 0.25) is 5.91 Å². The molecule has 1 amide bonds. The van der Waals surface area contributed by atoms with Crippen LogP contribution in [0.1, 0.15) is 31.4 Å². The average molecular weight is 311 g/mol. The van der Waals surface area contributed by atoms with E-state index in [9.17, 15) is 9.59 Å². The summed E-state index contributed by atoms with van der Waals surface area (Å²) in [4.78, 5) is 21.7. The largest absolute Gasteiger partial charge is 0.481 e. The zero-order valence-corrected chi connectivity index (χ0v) is 13.4. The molecule has 23 heavy (non-hydrogen) atoms. The molecule has 0 bridgehead atoms. The topological polar surface area (TPSA) is 66.4 Å².